The maximum Gasteiger partial charge on any atom is 0.263 e. The number of benzene rings is 1. The van der Waals surface area contributed by atoms with Crippen molar-refractivity contribution in [2.75, 3.05) is 18.4 Å². The van der Waals surface area contributed by atoms with Crippen molar-refractivity contribution in [3.05, 3.63) is 52.4 Å². The predicted octanol–water partition coefficient (Wildman–Crippen LogP) is 2.52. The Hall–Kier alpha value is -3.16. The molecule has 1 unspecified atom stereocenters. The van der Waals surface area contributed by atoms with E-state index in [2.05, 4.69) is 32.5 Å². The third-order valence-electron chi connectivity index (χ3n) is 5.42. The van der Waals surface area contributed by atoms with Gasteiger partial charge >= 0.3 is 0 Å². The van der Waals surface area contributed by atoms with Gasteiger partial charge < -0.3 is 10.2 Å². The fourth-order valence-electron chi connectivity index (χ4n) is 3.86. The second kappa shape index (κ2) is 7.93. The van der Waals surface area contributed by atoms with Gasteiger partial charge in [-0.05, 0) is 45.6 Å². The second-order valence-electron chi connectivity index (χ2n) is 8.78. The Morgan fingerprint density at radius 1 is 1.20 bits per heavy atom. The minimum atomic E-state index is -0.381. The third-order valence-corrected chi connectivity index (χ3v) is 5.42. The lowest BCUT2D eigenvalue weighted by Crippen LogP contribution is -2.35. The smallest absolute Gasteiger partial charge is 0.263 e. The first-order chi connectivity index (χ1) is 14.3. The Morgan fingerprint density at radius 2 is 1.97 bits per heavy atom. The van der Waals surface area contributed by atoms with Gasteiger partial charge in [0.25, 0.3) is 5.56 Å². The maximum absolute atomic E-state index is 12.8. The molecule has 158 valence electrons. The van der Waals surface area contributed by atoms with Crippen LogP contribution in [0.15, 0.2) is 41.3 Å². The zero-order valence-electron chi connectivity index (χ0n) is 17.7. The lowest BCUT2D eigenvalue weighted by atomic mass is 10.1. The highest BCUT2D eigenvalue weighted by Crippen LogP contribution is 2.20. The average Bonchev–Trinajstić information content (AvgIpc) is 3.28. The molecule has 1 fully saturated rings. The number of anilines is 1. The number of aryl methyl sites for hydroxylation is 1. The van der Waals surface area contributed by atoms with Crippen LogP contribution in [0.25, 0.3) is 11.0 Å². The average molecular weight is 409 g/mol. The molecular formula is C22H28N6O2. The van der Waals surface area contributed by atoms with Crippen LogP contribution >= 0.6 is 0 Å². The normalized spacial score (nSPS) is 17.1. The highest BCUT2D eigenvalue weighted by atomic mass is 16.2. The first-order valence-corrected chi connectivity index (χ1v) is 10.4. The maximum atomic E-state index is 12.8. The van der Waals surface area contributed by atoms with E-state index in [1.54, 1.807) is 4.68 Å². The van der Waals surface area contributed by atoms with Crippen LogP contribution in [0, 0.1) is 0 Å². The van der Waals surface area contributed by atoms with Crippen LogP contribution in [0.4, 0.5) is 5.95 Å². The molecule has 30 heavy (non-hydrogen) atoms. The molecule has 1 saturated heterocycles. The summed E-state index contributed by atoms with van der Waals surface area (Å²) < 4.78 is 1.73. The van der Waals surface area contributed by atoms with Gasteiger partial charge in [-0.2, -0.15) is 10.1 Å². The van der Waals surface area contributed by atoms with Gasteiger partial charge in [-0.25, -0.2) is 4.68 Å². The molecule has 1 amide bonds. The molecule has 3 aromatic rings. The number of hydrogen-bond acceptors (Lipinski definition) is 5. The number of carbonyl (C=O) groups excluding carboxylic acids is 1. The summed E-state index contributed by atoms with van der Waals surface area (Å²) in [5, 5.41) is 7.89. The van der Waals surface area contributed by atoms with Gasteiger partial charge in [0.1, 0.15) is 11.4 Å². The fraction of sp³-hybridized carbons (Fsp3) is 0.455. The van der Waals surface area contributed by atoms with Crippen LogP contribution in [0.3, 0.4) is 0 Å². The first kappa shape index (κ1) is 20.1. The third kappa shape index (κ3) is 4.08. The summed E-state index contributed by atoms with van der Waals surface area (Å²) in [4.78, 5) is 34.4. The number of aromatic amines is 1. The summed E-state index contributed by atoms with van der Waals surface area (Å²) in [7, 11) is 0. The molecule has 8 heteroatoms. The SMILES string of the molecule is CC(C)(C)n1ncc2c(=O)[nH]c(NC3CCN(CCCc4ccccc4)C3=O)nc21. The van der Waals surface area contributed by atoms with Gasteiger partial charge in [0.15, 0.2) is 5.65 Å². The van der Waals surface area contributed by atoms with E-state index >= 15 is 0 Å². The molecular weight excluding hydrogens is 380 g/mol. The molecule has 0 saturated carbocycles. The summed E-state index contributed by atoms with van der Waals surface area (Å²) in [5.41, 5.74) is 1.23. The summed E-state index contributed by atoms with van der Waals surface area (Å²) in [6.45, 7) is 7.44. The second-order valence-corrected chi connectivity index (χ2v) is 8.78. The van der Waals surface area contributed by atoms with Crippen molar-refractivity contribution in [2.45, 2.75) is 51.6 Å². The monoisotopic (exact) mass is 408 g/mol. The first-order valence-electron chi connectivity index (χ1n) is 10.4. The zero-order chi connectivity index (χ0) is 21.3. The largest absolute Gasteiger partial charge is 0.344 e. The number of aromatic nitrogens is 4. The molecule has 2 aromatic heterocycles. The highest BCUT2D eigenvalue weighted by molar-refractivity contribution is 5.86. The van der Waals surface area contributed by atoms with Crippen LogP contribution in [0.2, 0.25) is 0 Å². The number of fused-ring (bicyclic) bond motifs is 1. The molecule has 0 spiro atoms. The standard InChI is InChI=1S/C22H28N6O2/c1-22(2,3)28-18-16(14-23-28)19(29)26-21(25-18)24-17-11-13-27(20(17)30)12-7-10-15-8-5-4-6-9-15/h4-6,8-9,14,17H,7,10-13H2,1-3H3,(H2,24,25,26,29). The molecule has 0 bridgehead atoms. The highest BCUT2D eigenvalue weighted by Gasteiger charge is 2.32. The number of rotatable bonds is 6. The van der Waals surface area contributed by atoms with Crippen molar-refractivity contribution in [3.63, 3.8) is 0 Å². The van der Waals surface area contributed by atoms with E-state index in [-0.39, 0.29) is 23.0 Å². The molecule has 1 aliphatic heterocycles. The molecule has 2 N–H and O–H groups in total. The number of likely N-dealkylation sites (tertiary alicyclic amines) is 1. The molecule has 3 heterocycles. The van der Waals surface area contributed by atoms with Crippen LogP contribution in [-0.4, -0.2) is 49.7 Å². The summed E-state index contributed by atoms with van der Waals surface area (Å²) in [6.07, 6.45) is 4.09. The predicted molar refractivity (Wildman–Crippen MR) is 117 cm³/mol. The molecule has 1 aromatic carbocycles. The van der Waals surface area contributed by atoms with Crippen molar-refractivity contribution in [3.8, 4) is 0 Å². The van der Waals surface area contributed by atoms with Crippen LogP contribution in [0.1, 0.15) is 39.2 Å². The number of hydrogen-bond donors (Lipinski definition) is 2. The lowest BCUT2D eigenvalue weighted by molar-refractivity contribution is -0.128. The Bertz CT molecular complexity index is 1100. The van der Waals surface area contributed by atoms with Crippen LogP contribution in [-0.2, 0) is 16.8 Å². The minimum absolute atomic E-state index is 0.0511. The summed E-state index contributed by atoms with van der Waals surface area (Å²) in [6, 6.07) is 9.91. The Morgan fingerprint density at radius 3 is 2.70 bits per heavy atom. The quantitative estimate of drug-likeness (QED) is 0.653. The van der Waals surface area contributed by atoms with Gasteiger partial charge in [-0.3, -0.25) is 14.6 Å². The van der Waals surface area contributed by atoms with E-state index in [9.17, 15) is 9.59 Å². The molecule has 0 radical (unpaired) electrons. The molecule has 1 aliphatic rings. The van der Waals surface area contributed by atoms with Crippen molar-refractivity contribution < 1.29 is 4.79 Å². The van der Waals surface area contributed by atoms with Crippen LogP contribution < -0.4 is 10.9 Å². The number of nitrogens with zero attached hydrogens (tertiary/aromatic N) is 4. The molecule has 4 rings (SSSR count). The fourth-order valence-corrected chi connectivity index (χ4v) is 3.86. The molecule has 0 aliphatic carbocycles. The van der Waals surface area contributed by atoms with E-state index < -0.39 is 0 Å². The van der Waals surface area contributed by atoms with Gasteiger partial charge in [-0.15, -0.1) is 0 Å². The van der Waals surface area contributed by atoms with Crippen molar-refractivity contribution in [1.82, 2.24) is 24.6 Å². The van der Waals surface area contributed by atoms with Crippen molar-refractivity contribution in [2.24, 2.45) is 0 Å². The van der Waals surface area contributed by atoms with Gasteiger partial charge in [0, 0.05) is 13.1 Å². The summed E-state index contributed by atoms with van der Waals surface area (Å²) in [5.74, 6) is 0.359. The summed E-state index contributed by atoms with van der Waals surface area (Å²) >= 11 is 0. The Balaban J connectivity index is 1.42. The zero-order valence-corrected chi connectivity index (χ0v) is 17.7. The number of amides is 1. The lowest BCUT2D eigenvalue weighted by Gasteiger charge is -2.20. The van der Waals surface area contributed by atoms with Crippen LogP contribution in [0.5, 0.6) is 0 Å². The van der Waals surface area contributed by atoms with Gasteiger partial charge in [-0.1, -0.05) is 30.3 Å². The van der Waals surface area contributed by atoms with E-state index in [4.69, 9.17) is 0 Å². The Labute approximate surface area is 175 Å². The molecule has 1 atom stereocenters. The van der Waals surface area contributed by atoms with E-state index in [1.165, 1.54) is 11.8 Å². The van der Waals surface area contributed by atoms with Crippen molar-refractivity contribution in [1.29, 1.82) is 0 Å². The number of H-pyrrole nitrogens is 1. The van der Waals surface area contributed by atoms with E-state index in [0.717, 1.165) is 19.4 Å². The molecule has 8 nitrogen and oxygen atoms in total. The van der Waals surface area contributed by atoms with E-state index in [1.807, 2.05) is 43.9 Å². The minimum Gasteiger partial charge on any atom is -0.344 e. The number of carbonyl (C=O) groups is 1. The number of nitrogens with one attached hydrogen (secondary N) is 2. The Kier molecular flexibility index (Phi) is 5.32. The van der Waals surface area contributed by atoms with Crippen molar-refractivity contribution >= 4 is 22.9 Å². The topological polar surface area (TPSA) is 95.9 Å². The van der Waals surface area contributed by atoms with Gasteiger partial charge in [0.2, 0.25) is 11.9 Å². The van der Waals surface area contributed by atoms with Gasteiger partial charge in [0.05, 0.1) is 11.7 Å². The van der Waals surface area contributed by atoms with E-state index in [0.29, 0.717) is 29.9 Å².